The first-order valence-corrected chi connectivity index (χ1v) is 4.90. The van der Waals surface area contributed by atoms with Gasteiger partial charge in [0.1, 0.15) is 17.9 Å². The number of likely N-dealkylation sites (N-methyl/N-ethyl adjacent to an activating group) is 1. The molecule has 0 saturated heterocycles. The summed E-state index contributed by atoms with van der Waals surface area (Å²) in [6.07, 6.45) is -0.302. The third-order valence-electron chi connectivity index (χ3n) is 2.66. The molecule has 1 heterocycles. The van der Waals surface area contributed by atoms with E-state index in [2.05, 4.69) is 0 Å². The van der Waals surface area contributed by atoms with Gasteiger partial charge < -0.3 is 15.4 Å². The zero-order valence-corrected chi connectivity index (χ0v) is 8.81. The molecule has 1 amide bonds. The van der Waals surface area contributed by atoms with Crippen LogP contribution in [0.15, 0.2) is 24.3 Å². The van der Waals surface area contributed by atoms with Crippen LogP contribution in [0.3, 0.4) is 0 Å². The van der Waals surface area contributed by atoms with Crippen LogP contribution in [0.2, 0.25) is 0 Å². The minimum absolute atomic E-state index is 0.118. The van der Waals surface area contributed by atoms with Crippen molar-refractivity contribution in [2.75, 3.05) is 11.9 Å². The molecule has 0 radical (unpaired) electrons. The van der Waals surface area contributed by atoms with Crippen LogP contribution < -0.4 is 15.4 Å². The van der Waals surface area contributed by atoms with Crippen LogP contribution in [0.4, 0.5) is 5.69 Å². The molecule has 80 valence electrons. The molecule has 0 aliphatic carbocycles. The highest BCUT2D eigenvalue weighted by atomic mass is 16.5. The fourth-order valence-corrected chi connectivity index (χ4v) is 1.65. The number of nitrogens with zero attached hydrogens (tertiary/aromatic N) is 1. The van der Waals surface area contributed by atoms with Crippen molar-refractivity contribution in [2.24, 2.45) is 5.73 Å². The van der Waals surface area contributed by atoms with E-state index < -0.39 is 6.04 Å². The maximum atomic E-state index is 11.8. The largest absolute Gasteiger partial charge is 0.486 e. The summed E-state index contributed by atoms with van der Waals surface area (Å²) in [6.45, 7) is 1.80. The van der Waals surface area contributed by atoms with Crippen LogP contribution in [-0.4, -0.2) is 25.1 Å². The maximum Gasteiger partial charge on any atom is 0.247 e. The zero-order valence-electron chi connectivity index (χ0n) is 8.81. The smallest absolute Gasteiger partial charge is 0.247 e. The molecular weight excluding hydrogens is 192 g/mol. The summed E-state index contributed by atoms with van der Waals surface area (Å²) in [5.74, 6) is 0.584. The van der Waals surface area contributed by atoms with Crippen molar-refractivity contribution in [1.29, 1.82) is 0 Å². The summed E-state index contributed by atoms with van der Waals surface area (Å²) in [5.41, 5.74) is 6.54. The van der Waals surface area contributed by atoms with Gasteiger partial charge in [-0.1, -0.05) is 12.1 Å². The van der Waals surface area contributed by atoms with E-state index in [4.69, 9.17) is 10.5 Å². The van der Waals surface area contributed by atoms with E-state index in [0.29, 0.717) is 5.75 Å². The van der Waals surface area contributed by atoms with Gasteiger partial charge >= 0.3 is 0 Å². The molecule has 4 nitrogen and oxygen atoms in total. The summed E-state index contributed by atoms with van der Waals surface area (Å²) in [4.78, 5) is 13.4. The summed E-state index contributed by atoms with van der Waals surface area (Å²) in [7, 11) is 1.71. The second-order valence-electron chi connectivity index (χ2n) is 3.71. The summed E-state index contributed by atoms with van der Waals surface area (Å²) < 4.78 is 5.62. The topological polar surface area (TPSA) is 55.6 Å². The second-order valence-corrected chi connectivity index (χ2v) is 3.71. The van der Waals surface area contributed by atoms with E-state index in [-0.39, 0.29) is 12.0 Å². The Labute approximate surface area is 88.6 Å². The Bertz CT molecular complexity index is 392. The van der Waals surface area contributed by atoms with Crippen LogP contribution in [0.5, 0.6) is 5.75 Å². The molecule has 0 fully saturated rings. The molecule has 0 saturated carbocycles. The lowest BCUT2D eigenvalue weighted by molar-refractivity contribution is -0.120. The molecular formula is C11H14N2O2. The lowest BCUT2D eigenvalue weighted by atomic mass is 10.2. The van der Waals surface area contributed by atoms with Gasteiger partial charge in [0, 0.05) is 7.05 Å². The Morgan fingerprint density at radius 3 is 2.80 bits per heavy atom. The van der Waals surface area contributed by atoms with Gasteiger partial charge in [-0.3, -0.25) is 4.79 Å². The van der Waals surface area contributed by atoms with Crippen molar-refractivity contribution in [3.8, 4) is 5.75 Å². The predicted molar refractivity (Wildman–Crippen MR) is 57.9 cm³/mol. The third kappa shape index (κ3) is 1.57. The van der Waals surface area contributed by atoms with Gasteiger partial charge in [0.05, 0.1) is 5.69 Å². The number of hydrogen-bond acceptors (Lipinski definition) is 3. The molecule has 1 aliphatic heterocycles. The van der Waals surface area contributed by atoms with Crippen LogP contribution in [0.25, 0.3) is 0 Å². The number of nitrogens with two attached hydrogens (primary N) is 1. The number of anilines is 1. The van der Waals surface area contributed by atoms with E-state index in [1.165, 1.54) is 0 Å². The standard InChI is InChI=1S/C11H14N2O2/c1-7-10(12)11(14)13(2)8-5-3-4-6-9(8)15-7/h3-7,10H,12H2,1-2H3/t7-,10-/m0/s1. The van der Waals surface area contributed by atoms with Gasteiger partial charge in [-0.05, 0) is 19.1 Å². The number of hydrogen-bond donors (Lipinski definition) is 1. The van der Waals surface area contributed by atoms with Crippen LogP contribution >= 0.6 is 0 Å². The molecule has 0 spiro atoms. The number of ether oxygens (including phenoxy) is 1. The highest BCUT2D eigenvalue weighted by Gasteiger charge is 2.31. The van der Waals surface area contributed by atoms with Gasteiger partial charge in [0.25, 0.3) is 0 Å². The fraction of sp³-hybridized carbons (Fsp3) is 0.364. The van der Waals surface area contributed by atoms with Crippen molar-refractivity contribution in [2.45, 2.75) is 19.1 Å². The molecule has 4 heteroatoms. The molecule has 2 atom stereocenters. The Balaban J connectivity index is 2.49. The third-order valence-corrected chi connectivity index (χ3v) is 2.66. The number of rotatable bonds is 0. The highest BCUT2D eigenvalue weighted by Crippen LogP contribution is 2.31. The molecule has 1 aromatic rings. The molecule has 1 aromatic carbocycles. The Morgan fingerprint density at radius 2 is 2.07 bits per heavy atom. The van der Waals surface area contributed by atoms with Gasteiger partial charge in [-0.2, -0.15) is 0 Å². The highest BCUT2D eigenvalue weighted by molar-refractivity contribution is 5.98. The van der Waals surface area contributed by atoms with Crippen molar-refractivity contribution >= 4 is 11.6 Å². The number of carbonyl (C=O) groups is 1. The number of amides is 1. The van der Waals surface area contributed by atoms with E-state index >= 15 is 0 Å². The number of benzene rings is 1. The van der Waals surface area contributed by atoms with Gasteiger partial charge in [-0.15, -0.1) is 0 Å². The number of carbonyl (C=O) groups excluding carboxylic acids is 1. The first kappa shape index (κ1) is 9.98. The fourth-order valence-electron chi connectivity index (χ4n) is 1.65. The first-order chi connectivity index (χ1) is 7.11. The lowest BCUT2D eigenvalue weighted by Gasteiger charge is -2.18. The van der Waals surface area contributed by atoms with Crippen molar-refractivity contribution in [3.05, 3.63) is 24.3 Å². The SMILES string of the molecule is C[C@@H]1Oc2ccccc2N(C)C(=O)[C@H]1N. The summed E-state index contributed by atoms with van der Waals surface area (Å²) in [6, 6.07) is 6.82. The van der Waals surface area contributed by atoms with Gasteiger partial charge in [-0.25, -0.2) is 0 Å². The molecule has 0 bridgehead atoms. The molecule has 0 unspecified atom stereocenters. The molecule has 1 aliphatic rings. The Hall–Kier alpha value is -1.55. The van der Waals surface area contributed by atoms with Crippen LogP contribution in [0.1, 0.15) is 6.92 Å². The minimum Gasteiger partial charge on any atom is -0.486 e. The van der Waals surface area contributed by atoms with Crippen LogP contribution in [-0.2, 0) is 4.79 Å². The van der Waals surface area contributed by atoms with Crippen LogP contribution in [0, 0.1) is 0 Å². The van der Waals surface area contributed by atoms with E-state index in [0.717, 1.165) is 5.69 Å². The maximum absolute atomic E-state index is 11.8. The number of fused-ring (bicyclic) bond motifs is 1. The molecule has 15 heavy (non-hydrogen) atoms. The van der Waals surface area contributed by atoms with Gasteiger partial charge in [0.15, 0.2) is 0 Å². The Morgan fingerprint density at radius 1 is 1.40 bits per heavy atom. The molecule has 2 rings (SSSR count). The second kappa shape index (κ2) is 3.55. The molecule has 0 aromatic heterocycles. The molecule has 2 N–H and O–H groups in total. The van der Waals surface area contributed by atoms with Crippen molar-refractivity contribution in [1.82, 2.24) is 0 Å². The normalized spacial score (nSPS) is 25.5. The first-order valence-electron chi connectivity index (χ1n) is 4.90. The number of para-hydroxylation sites is 2. The summed E-state index contributed by atoms with van der Waals surface area (Å²) in [5, 5.41) is 0. The zero-order chi connectivity index (χ0) is 11.0. The minimum atomic E-state index is -0.609. The monoisotopic (exact) mass is 206 g/mol. The predicted octanol–water partition coefficient (Wildman–Crippen LogP) is 0.758. The Kier molecular flexibility index (Phi) is 2.36. The van der Waals surface area contributed by atoms with E-state index in [1.54, 1.807) is 18.9 Å². The average molecular weight is 206 g/mol. The van der Waals surface area contributed by atoms with Crippen molar-refractivity contribution in [3.63, 3.8) is 0 Å². The van der Waals surface area contributed by atoms with Gasteiger partial charge in [0.2, 0.25) is 5.91 Å². The lowest BCUT2D eigenvalue weighted by Crippen LogP contribution is -2.48. The average Bonchev–Trinajstić information content (AvgIpc) is 2.32. The van der Waals surface area contributed by atoms with Crippen molar-refractivity contribution < 1.29 is 9.53 Å². The summed E-state index contributed by atoms with van der Waals surface area (Å²) >= 11 is 0. The van der Waals surface area contributed by atoms with E-state index in [9.17, 15) is 4.79 Å². The van der Waals surface area contributed by atoms with E-state index in [1.807, 2.05) is 24.3 Å². The quantitative estimate of drug-likeness (QED) is 0.681.